The summed E-state index contributed by atoms with van der Waals surface area (Å²) in [7, 11) is -1.94. The molecular weight excluding hydrogens is 406 g/mol. The van der Waals surface area contributed by atoms with Crippen LogP contribution in [0, 0.1) is 0 Å². The van der Waals surface area contributed by atoms with E-state index in [1.807, 2.05) is 0 Å². The van der Waals surface area contributed by atoms with Gasteiger partial charge in [0.25, 0.3) is 5.91 Å². The fourth-order valence-electron chi connectivity index (χ4n) is 3.18. The van der Waals surface area contributed by atoms with Crippen molar-refractivity contribution in [2.45, 2.75) is 30.6 Å². The number of rotatable bonds is 8. The largest absolute Gasteiger partial charge is 0.475 e. The minimum atomic E-state index is -3.53. The van der Waals surface area contributed by atoms with Gasteiger partial charge >= 0.3 is 0 Å². The van der Waals surface area contributed by atoms with Crippen LogP contribution >= 0.6 is 0 Å². The molecule has 9 heteroatoms. The lowest BCUT2D eigenvalue weighted by atomic mass is 10.2. The van der Waals surface area contributed by atoms with Crippen LogP contribution in [0.3, 0.4) is 0 Å². The highest BCUT2D eigenvalue weighted by Gasteiger charge is 2.25. The Morgan fingerprint density at radius 3 is 2.33 bits per heavy atom. The third-order valence-corrected chi connectivity index (χ3v) is 6.76. The van der Waals surface area contributed by atoms with Crippen molar-refractivity contribution in [3.8, 4) is 5.88 Å². The van der Waals surface area contributed by atoms with E-state index in [4.69, 9.17) is 9.47 Å². The van der Waals surface area contributed by atoms with Crippen LogP contribution in [0.15, 0.2) is 47.5 Å². The Bertz CT molecular complexity index is 922. The number of carbonyl (C=O) groups is 1. The number of anilines is 1. The Labute approximate surface area is 177 Å². The van der Waals surface area contributed by atoms with E-state index in [9.17, 15) is 13.2 Å². The van der Waals surface area contributed by atoms with Crippen molar-refractivity contribution in [3.63, 3.8) is 0 Å². The summed E-state index contributed by atoms with van der Waals surface area (Å²) in [6.07, 6.45) is 5.37. The Morgan fingerprint density at radius 1 is 1.03 bits per heavy atom. The first-order chi connectivity index (χ1) is 14.5. The summed E-state index contributed by atoms with van der Waals surface area (Å²) in [6, 6.07) is 9.36. The third kappa shape index (κ3) is 5.78. The van der Waals surface area contributed by atoms with Crippen molar-refractivity contribution in [1.29, 1.82) is 0 Å². The van der Waals surface area contributed by atoms with Crippen LogP contribution in [0.25, 0.3) is 0 Å². The Kier molecular flexibility index (Phi) is 7.78. The molecule has 0 radical (unpaired) electrons. The lowest BCUT2D eigenvalue weighted by Crippen LogP contribution is -2.31. The van der Waals surface area contributed by atoms with Gasteiger partial charge in [-0.3, -0.25) is 4.79 Å². The van der Waals surface area contributed by atoms with Gasteiger partial charge in [0.2, 0.25) is 15.9 Å². The summed E-state index contributed by atoms with van der Waals surface area (Å²) >= 11 is 0. The van der Waals surface area contributed by atoms with Gasteiger partial charge in [-0.2, -0.15) is 4.31 Å². The molecule has 1 fully saturated rings. The molecule has 3 rings (SSSR count). The number of benzene rings is 1. The van der Waals surface area contributed by atoms with Crippen LogP contribution < -0.4 is 10.1 Å². The van der Waals surface area contributed by atoms with Crippen molar-refractivity contribution in [2.24, 2.45) is 0 Å². The van der Waals surface area contributed by atoms with E-state index in [0.29, 0.717) is 43.4 Å². The maximum Gasteiger partial charge on any atom is 0.255 e. The fourth-order valence-corrected chi connectivity index (χ4v) is 4.70. The summed E-state index contributed by atoms with van der Waals surface area (Å²) in [4.78, 5) is 16.8. The third-order valence-electron chi connectivity index (χ3n) is 4.85. The number of sulfonamides is 1. The second kappa shape index (κ2) is 10.5. The number of methoxy groups -OCH3 is 1. The fraction of sp³-hybridized carbons (Fsp3) is 0.429. The number of ether oxygens (including phenoxy) is 2. The van der Waals surface area contributed by atoms with Gasteiger partial charge in [0.15, 0.2) is 0 Å². The van der Waals surface area contributed by atoms with Crippen LogP contribution in [0.2, 0.25) is 0 Å². The average Bonchev–Trinajstić information content (AvgIpc) is 3.05. The summed E-state index contributed by atoms with van der Waals surface area (Å²) in [5.41, 5.74) is 0.880. The van der Waals surface area contributed by atoms with Crippen LogP contribution in [0.1, 0.15) is 36.0 Å². The minimum Gasteiger partial charge on any atom is -0.475 e. The second-order valence-electron chi connectivity index (χ2n) is 7.02. The van der Waals surface area contributed by atoms with E-state index in [1.54, 1.807) is 19.2 Å². The zero-order valence-electron chi connectivity index (χ0n) is 17.0. The van der Waals surface area contributed by atoms with Gasteiger partial charge in [0, 0.05) is 31.8 Å². The monoisotopic (exact) mass is 433 g/mol. The molecule has 1 aromatic heterocycles. The molecule has 1 saturated heterocycles. The number of pyridine rings is 1. The van der Waals surface area contributed by atoms with Crippen molar-refractivity contribution in [2.75, 3.05) is 38.7 Å². The van der Waals surface area contributed by atoms with Crippen LogP contribution in [-0.4, -0.2) is 57.0 Å². The van der Waals surface area contributed by atoms with E-state index < -0.39 is 10.0 Å². The van der Waals surface area contributed by atoms with Gasteiger partial charge < -0.3 is 14.8 Å². The van der Waals surface area contributed by atoms with Gasteiger partial charge in [-0.05, 0) is 43.2 Å². The number of hydrogen-bond donors (Lipinski definition) is 1. The molecule has 1 aromatic carbocycles. The van der Waals surface area contributed by atoms with Gasteiger partial charge in [-0.25, -0.2) is 13.4 Å². The summed E-state index contributed by atoms with van der Waals surface area (Å²) in [5.74, 6) is 0.0942. The molecule has 0 bridgehead atoms. The smallest absolute Gasteiger partial charge is 0.255 e. The van der Waals surface area contributed by atoms with E-state index in [1.165, 1.54) is 34.8 Å². The number of hydrogen-bond acceptors (Lipinski definition) is 6. The van der Waals surface area contributed by atoms with E-state index >= 15 is 0 Å². The second-order valence-corrected chi connectivity index (χ2v) is 8.96. The van der Waals surface area contributed by atoms with Gasteiger partial charge in [0.05, 0.1) is 23.4 Å². The standard InChI is InChI=1S/C21H27N3O5S/c1-28-14-15-29-20-11-8-18(16-22-20)23-21(25)17-6-9-19(10-7-17)30(26,27)24-12-4-2-3-5-13-24/h6-11,16H,2-5,12-15H2,1H3,(H,23,25). The Balaban J connectivity index is 1.62. The van der Waals surface area contributed by atoms with Crippen LogP contribution in [0.5, 0.6) is 5.88 Å². The molecule has 2 aromatic rings. The molecule has 1 N–H and O–H groups in total. The first-order valence-electron chi connectivity index (χ1n) is 10.00. The lowest BCUT2D eigenvalue weighted by molar-refractivity contribution is 0.102. The highest BCUT2D eigenvalue weighted by atomic mass is 32.2. The van der Waals surface area contributed by atoms with Crippen LogP contribution in [-0.2, 0) is 14.8 Å². The molecule has 1 amide bonds. The zero-order valence-corrected chi connectivity index (χ0v) is 17.9. The average molecular weight is 434 g/mol. The maximum atomic E-state index is 12.8. The minimum absolute atomic E-state index is 0.208. The predicted molar refractivity (Wildman–Crippen MR) is 113 cm³/mol. The van der Waals surface area contributed by atoms with Crippen molar-refractivity contribution in [3.05, 3.63) is 48.2 Å². The van der Waals surface area contributed by atoms with Crippen molar-refractivity contribution in [1.82, 2.24) is 9.29 Å². The molecule has 0 aliphatic carbocycles. The summed E-state index contributed by atoms with van der Waals surface area (Å²) < 4.78 is 37.5. The molecule has 2 heterocycles. The van der Waals surface area contributed by atoms with E-state index in [2.05, 4.69) is 10.3 Å². The molecular formula is C21H27N3O5S. The number of carbonyl (C=O) groups excluding carboxylic acids is 1. The first-order valence-corrected chi connectivity index (χ1v) is 11.4. The Morgan fingerprint density at radius 2 is 1.73 bits per heavy atom. The molecule has 0 saturated carbocycles. The summed E-state index contributed by atoms with van der Waals surface area (Å²) in [6.45, 7) is 1.94. The highest BCUT2D eigenvalue weighted by Crippen LogP contribution is 2.21. The van der Waals surface area contributed by atoms with Crippen molar-refractivity contribution >= 4 is 21.6 Å². The topological polar surface area (TPSA) is 97.8 Å². The number of nitrogens with one attached hydrogen (secondary N) is 1. The quantitative estimate of drug-likeness (QED) is 0.643. The van der Waals surface area contributed by atoms with Gasteiger partial charge in [-0.1, -0.05) is 12.8 Å². The normalized spacial score (nSPS) is 15.4. The van der Waals surface area contributed by atoms with Crippen molar-refractivity contribution < 1.29 is 22.7 Å². The Hall–Kier alpha value is -2.49. The molecule has 162 valence electrons. The first kappa shape index (κ1) is 22.2. The van der Waals surface area contributed by atoms with Gasteiger partial charge in [0.1, 0.15) is 6.61 Å². The molecule has 0 spiro atoms. The summed E-state index contributed by atoms with van der Waals surface area (Å²) in [5, 5.41) is 2.74. The molecule has 1 aliphatic heterocycles. The lowest BCUT2D eigenvalue weighted by Gasteiger charge is -2.20. The van der Waals surface area contributed by atoms with E-state index in [0.717, 1.165) is 25.7 Å². The molecule has 0 atom stereocenters. The molecule has 30 heavy (non-hydrogen) atoms. The highest BCUT2D eigenvalue weighted by molar-refractivity contribution is 7.89. The molecule has 8 nitrogen and oxygen atoms in total. The van der Waals surface area contributed by atoms with Gasteiger partial charge in [-0.15, -0.1) is 0 Å². The SMILES string of the molecule is COCCOc1ccc(NC(=O)c2ccc(S(=O)(=O)N3CCCCCC3)cc2)cn1. The number of amides is 1. The molecule has 0 unspecified atom stereocenters. The zero-order chi connectivity index (χ0) is 21.4. The predicted octanol–water partition coefficient (Wildman–Crippen LogP) is 2.92. The van der Waals surface area contributed by atoms with E-state index in [-0.39, 0.29) is 10.8 Å². The molecule has 1 aliphatic rings. The van der Waals surface area contributed by atoms with Crippen LogP contribution in [0.4, 0.5) is 5.69 Å². The number of nitrogens with zero attached hydrogens (tertiary/aromatic N) is 2. The maximum absolute atomic E-state index is 12.8. The number of aromatic nitrogens is 1.